The molecule has 0 amide bonds. The van der Waals surface area contributed by atoms with Crippen molar-refractivity contribution in [2.24, 2.45) is 5.73 Å². The van der Waals surface area contributed by atoms with Crippen molar-refractivity contribution in [2.75, 3.05) is 11.1 Å². The minimum atomic E-state index is -1.04. The number of hydrogen-bond donors (Lipinski definition) is 4. The van der Waals surface area contributed by atoms with Gasteiger partial charge in [-0.05, 0) is 12.1 Å². The smallest absolute Gasteiger partial charge is 0.153 e. The highest BCUT2D eigenvalue weighted by atomic mass is 35.5. The van der Waals surface area contributed by atoms with Crippen molar-refractivity contribution in [3.63, 3.8) is 0 Å². The number of nitrogens with two attached hydrogens (primary N) is 2. The van der Waals surface area contributed by atoms with Crippen LogP contribution < -0.4 is 16.8 Å². The second-order valence-corrected chi connectivity index (χ2v) is 5.72. The molecule has 1 aliphatic heterocycles. The number of aromatic nitrogens is 2. The van der Waals surface area contributed by atoms with Crippen LogP contribution in [0.2, 0.25) is 5.02 Å². The summed E-state index contributed by atoms with van der Waals surface area (Å²) in [5.74, 6) is 0.361. The maximum atomic E-state index is 6.72. The standard InChI is InChI=1S/C16H14ClN5/c17-11-7-3-2-6-10(11)16(19)13-14(21-22-15(13)18)9-5-1-4-8-12(9)20-16/h1-8,20H,19H2,(H3,18,21,22). The minimum Gasteiger partial charge on any atom is -0.382 e. The number of para-hydroxylation sites is 1. The van der Waals surface area contributed by atoms with Gasteiger partial charge in [-0.15, -0.1) is 0 Å². The molecule has 0 spiro atoms. The van der Waals surface area contributed by atoms with Gasteiger partial charge in [0.2, 0.25) is 0 Å². The van der Waals surface area contributed by atoms with Crippen LogP contribution in [0.4, 0.5) is 11.5 Å². The molecule has 1 aliphatic rings. The van der Waals surface area contributed by atoms with E-state index in [0.29, 0.717) is 16.4 Å². The van der Waals surface area contributed by atoms with Crippen LogP contribution in [-0.2, 0) is 5.66 Å². The summed E-state index contributed by atoms with van der Waals surface area (Å²) in [6.45, 7) is 0. The first-order valence-electron chi connectivity index (χ1n) is 6.87. The Bertz CT molecular complexity index is 872. The summed E-state index contributed by atoms with van der Waals surface area (Å²) >= 11 is 6.37. The molecule has 0 saturated heterocycles. The number of aromatic amines is 1. The van der Waals surface area contributed by atoms with Gasteiger partial charge in [0.1, 0.15) is 5.66 Å². The maximum Gasteiger partial charge on any atom is 0.153 e. The molecule has 6 N–H and O–H groups in total. The van der Waals surface area contributed by atoms with Gasteiger partial charge >= 0.3 is 0 Å². The van der Waals surface area contributed by atoms with E-state index in [0.717, 1.165) is 22.5 Å². The number of anilines is 2. The molecule has 6 heteroatoms. The third-order valence-electron chi connectivity index (χ3n) is 4.02. The molecule has 0 saturated carbocycles. The molecule has 5 nitrogen and oxygen atoms in total. The van der Waals surface area contributed by atoms with Gasteiger partial charge in [-0.2, -0.15) is 5.10 Å². The molecule has 110 valence electrons. The zero-order valence-corrected chi connectivity index (χ0v) is 12.4. The number of nitrogens with zero attached hydrogens (tertiary/aromatic N) is 1. The maximum absolute atomic E-state index is 6.72. The van der Waals surface area contributed by atoms with Gasteiger partial charge < -0.3 is 16.8 Å². The van der Waals surface area contributed by atoms with Crippen molar-refractivity contribution in [1.82, 2.24) is 10.2 Å². The Morgan fingerprint density at radius 1 is 1.05 bits per heavy atom. The highest BCUT2D eigenvalue weighted by molar-refractivity contribution is 6.31. The van der Waals surface area contributed by atoms with Crippen LogP contribution in [0, 0.1) is 0 Å². The lowest BCUT2D eigenvalue weighted by molar-refractivity contribution is 0.621. The number of fused-ring (bicyclic) bond motifs is 3. The molecule has 1 aromatic heterocycles. The van der Waals surface area contributed by atoms with E-state index in [4.69, 9.17) is 23.1 Å². The summed E-state index contributed by atoms with van der Waals surface area (Å²) in [4.78, 5) is 0. The van der Waals surface area contributed by atoms with Gasteiger partial charge in [-0.1, -0.05) is 48.0 Å². The van der Waals surface area contributed by atoms with E-state index in [1.807, 2.05) is 48.5 Å². The van der Waals surface area contributed by atoms with Crippen LogP contribution in [-0.4, -0.2) is 10.2 Å². The lowest BCUT2D eigenvalue weighted by Gasteiger charge is -2.37. The summed E-state index contributed by atoms with van der Waals surface area (Å²) in [5.41, 5.74) is 15.9. The van der Waals surface area contributed by atoms with E-state index >= 15 is 0 Å². The van der Waals surface area contributed by atoms with Crippen LogP contribution in [0.3, 0.4) is 0 Å². The predicted octanol–water partition coefficient (Wildman–Crippen LogP) is 2.90. The molecule has 2 heterocycles. The second-order valence-electron chi connectivity index (χ2n) is 5.32. The minimum absolute atomic E-state index is 0.361. The van der Waals surface area contributed by atoms with Crippen molar-refractivity contribution >= 4 is 23.1 Å². The van der Waals surface area contributed by atoms with Gasteiger partial charge in [0, 0.05) is 21.8 Å². The number of rotatable bonds is 1. The normalized spacial score (nSPS) is 19.2. The Morgan fingerprint density at radius 2 is 1.77 bits per heavy atom. The molecule has 1 unspecified atom stereocenters. The summed E-state index contributed by atoms with van der Waals surface area (Å²) in [6.07, 6.45) is 0. The number of halogens is 1. The number of H-pyrrole nitrogens is 1. The van der Waals surface area contributed by atoms with Crippen LogP contribution in [0.15, 0.2) is 48.5 Å². The fourth-order valence-electron chi connectivity index (χ4n) is 3.02. The van der Waals surface area contributed by atoms with Crippen LogP contribution >= 0.6 is 11.6 Å². The highest BCUT2D eigenvalue weighted by Gasteiger charge is 2.41. The lowest BCUT2D eigenvalue weighted by Crippen LogP contribution is -2.48. The van der Waals surface area contributed by atoms with E-state index in [1.165, 1.54) is 0 Å². The van der Waals surface area contributed by atoms with E-state index in [-0.39, 0.29) is 0 Å². The molecular formula is C16H14ClN5. The molecule has 2 aromatic carbocycles. The summed E-state index contributed by atoms with van der Waals surface area (Å²) in [6, 6.07) is 15.3. The fourth-order valence-corrected chi connectivity index (χ4v) is 3.30. The fraction of sp³-hybridized carbons (Fsp3) is 0.0625. The molecule has 0 radical (unpaired) electrons. The third kappa shape index (κ3) is 1.66. The Labute approximate surface area is 132 Å². The SMILES string of the molecule is Nc1n[nH]c2c1C(N)(c1ccccc1Cl)Nc1ccccc1-2. The average molecular weight is 312 g/mol. The first-order chi connectivity index (χ1) is 10.6. The molecule has 3 aromatic rings. The van der Waals surface area contributed by atoms with Crippen molar-refractivity contribution in [3.8, 4) is 11.3 Å². The summed E-state index contributed by atoms with van der Waals surface area (Å²) < 4.78 is 0. The Kier molecular flexibility index (Phi) is 2.69. The van der Waals surface area contributed by atoms with E-state index < -0.39 is 5.66 Å². The zero-order chi connectivity index (χ0) is 15.3. The zero-order valence-electron chi connectivity index (χ0n) is 11.6. The van der Waals surface area contributed by atoms with E-state index in [2.05, 4.69) is 15.5 Å². The first-order valence-corrected chi connectivity index (χ1v) is 7.25. The Balaban J connectivity index is 2.04. The van der Waals surface area contributed by atoms with Crippen molar-refractivity contribution in [3.05, 3.63) is 64.7 Å². The van der Waals surface area contributed by atoms with Crippen LogP contribution in [0.1, 0.15) is 11.1 Å². The number of hydrogen-bond acceptors (Lipinski definition) is 4. The monoisotopic (exact) mass is 311 g/mol. The summed E-state index contributed by atoms with van der Waals surface area (Å²) in [5, 5.41) is 11.1. The molecule has 0 fully saturated rings. The average Bonchev–Trinajstić information content (AvgIpc) is 2.91. The first kappa shape index (κ1) is 13.2. The van der Waals surface area contributed by atoms with Crippen LogP contribution in [0.5, 0.6) is 0 Å². The number of nitrogens with one attached hydrogen (secondary N) is 2. The van der Waals surface area contributed by atoms with E-state index in [1.54, 1.807) is 0 Å². The highest BCUT2D eigenvalue weighted by Crippen LogP contribution is 2.46. The molecule has 22 heavy (non-hydrogen) atoms. The summed E-state index contributed by atoms with van der Waals surface area (Å²) in [7, 11) is 0. The molecule has 0 aliphatic carbocycles. The number of nitrogen functional groups attached to an aromatic ring is 1. The second kappa shape index (κ2) is 4.50. The Morgan fingerprint density at radius 3 is 2.59 bits per heavy atom. The lowest BCUT2D eigenvalue weighted by atomic mass is 9.85. The molecule has 0 bridgehead atoms. The van der Waals surface area contributed by atoms with Gasteiger partial charge in [0.05, 0.1) is 11.3 Å². The van der Waals surface area contributed by atoms with Gasteiger partial charge in [-0.25, -0.2) is 0 Å². The van der Waals surface area contributed by atoms with E-state index in [9.17, 15) is 0 Å². The number of benzene rings is 2. The van der Waals surface area contributed by atoms with Crippen molar-refractivity contribution < 1.29 is 0 Å². The van der Waals surface area contributed by atoms with Gasteiger partial charge in [-0.3, -0.25) is 5.10 Å². The van der Waals surface area contributed by atoms with Gasteiger partial charge in [0.25, 0.3) is 0 Å². The predicted molar refractivity (Wildman–Crippen MR) is 88.5 cm³/mol. The molecule has 1 atom stereocenters. The molecular weight excluding hydrogens is 298 g/mol. The van der Waals surface area contributed by atoms with Crippen molar-refractivity contribution in [2.45, 2.75) is 5.66 Å². The third-order valence-corrected chi connectivity index (χ3v) is 4.35. The topological polar surface area (TPSA) is 92.8 Å². The van der Waals surface area contributed by atoms with Crippen LogP contribution in [0.25, 0.3) is 11.3 Å². The molecule has 4 rings (SSSR count). The largest absolute Gasteiger partial charge is 0.382 e. The Hall–Kier alpha value is -2.50. The van der Waals surface area contributed by atoms with Crippen molar-refractivity contribution in [1.29, 1.82) is 0 Å². The quantitative estimate of drug-likeness (QED) is 0.556. The van der Waals surface area contributed by atoms with Gasteiger partial charge in [0.15, 0.2) is 5.82 Å².